The number of nitrogens with zero attached hydrogens (tertiary/aromatic N) is 1. The van der Waals surface area contributed by atoms with Gasteiger partial charge in [-0.2, -0.15) is 0 Å². The van der Waals surface area contributed by atoms with E-state index >= 15 is 0 Å². The Morgan fingerprint density at radius 2 is 2.14 bits per heavy atom. The van der Waals surface area contributed by atoms with Crippen molar-refractivity contribution in [1.29, 1.82) is 0 Å². The number of hydrogen-bond acceptors (Lipinski definition) is 2. The van der Waals surface area contributed by atoms with Gasteiger partial charge in [0.2, 0.25) is 0 Å². The maximum absolute atomic E-state index is 5.01. The molecule has 2 nitrogen and oxygen atoms in total. The van der Waals surface area contributed by atoms with Crippen molar-refractivity contribution in [3.05, 3.63) is 42.7 Å². The first-order valence-corrected chi connectivity index (χ1v) is 4.59. The summed E-state index contributed by atoms with van der Waals surface area (Å²) in [7, 11) is 1.59. The van der Waals surface area contributed by atoms with Crippen LogP contribution in [0.1, 0.15) is 25.0 Å². The average Bonchev–Trinajstić information content (AvgIpc) is 2.30. The molecule has 0 radical (unpaired) electrons. The highest BCUT2D eigenvalue weighted by Crippen LogP contribution is 2.17. The smallest absolute Gasteiger partial charge is 0.119 e. The number of methoxy groups -OCH3 is 1. The first-order valence-electron chi connectivity index (χ1n) is 4.59. The number of rotatable bonds is 3. The second kappa shape index (κ2) is 6.89. The summed E-state index contributed by atoms with van der Waals surface area (Å²) in [6, 6.07) is 1.85. The lowest BCUT2D eigenvalue weighted by Gasteiger charge is -2.06. The average molecular weight is 191 g/mol. The molecule has 2 heteroatoms. The number of pyridine rings is 1. The Bertz CT molecular complexity index is 305. The van der Waals surface area contributed by atoms with Crippen LogP contribution in [0.4, 0.5) is 0 Å². The molecule has 0 amide bonds. The molecule has 0 atom stereocenters. The second-order valence-corrected chi connectivity index (χ2v) is 2.29. The van der Waals surface area contributed by atoms with Crippen molar-refractivity contribution in [3.63, 3.8) is 0 Å². The summed E-state index contributed by atoms with van der Waals surface area (Å²) in [4.78, 5) is 3.96. The Balaban J connectivity index is 0.000000791. The molecule has 0 aliphatic carbocycles. The largest absolute Gasteiger partial charge is 0.497 e. The number of ether oxygens (including phenoxy) is 1. The van der Waals surface area contributed by atoms with Gasteiger partial charge in [0, 0.05) is 23.5 Å². The molecule has 0 aliphatic rings. The van der Waals surface area contributed by atoms with Crippen molar-refractivity contribution in [3.8, 4) is 0 Å². The van der Waals surface area contributed by atoms with Gasteiger partial charge < -0.3 is 4.74 Å². The summed E-state index contributed by atoms with van der Waals surface area (Å²) in [5, 5.41) is 0. The molecule has 14 heavy (non-hydrogen) atoms. The van der Waals surface area contributed by atoms with Crippen LogP contribution < -0.4 is 0 Å². The van der Waals surface area contributed by atoms with Gasteiger partial charge in [0.05, 0.1) is 7.11 Å². The minimum Gasteiger partial charge on any atom is -0.497 e. The lowest BCUT2D eigenvalue weighted by molar-refractivity contribution is 0.371. The fourth-order valence-electron chi connectivity index (χ4n) is 0.933. The molecule has 0 N–H and O–H groups in total. The van der Waals surface area contributed by atoms with Crippen LogP contribution in [0, 0.1) is 0 Å². The lowest BCUT2D eigenvalue weighted by atomic mass is 10.1. The Kier molecular flexibility index (Phi) is 6.12. The van der Waals surface area contributed by atoms with E-state index in [9.17, 15) is 0 Å². The highest BCUT2D eigenvalue weighted by atomic mass is 16.5. The standard InChI is InChI=1S/C10H11NO.C2H6/c1-4-9-7-11-6-5-10(9)8(2)12-3;1-2/h4-7H,1-2H2,3H3;1-2H3. The third-order valence-electron chi connectivity index (χ3n) is 1.62. The third-order valence-corrected chi connectivity index (χ3v) is 1.62. The molecule has 0 fully saturated rings. The van der Waals surface area contributed by atoms with Gasteiger partial charge in [0.25, 0.3) is 0 Å². The van der Waals surface area contributed by atoms with Crippen molar-refractivity contribution >= 4 is 11.8 Å². The fourth-order valence-corrected chi connectivity index (χ4v) is 0.933. The molecule has 0 saturated heterocycles. The van der Waals surface area contributed by atoms with Gasteiger partial charge in [-0.25, -0.2) is 0 Å². The maximum atomic E-state index is 5.01. The molecule has 1 heterocycles. The molecule has 0 saturated carbocycles. The monoisotopic (exact) mass is 191 g/mol. The van der Waals surface area contributed by atoms with Crippen molar-refractivity contribution in [2.45, 2.75) is 13.8 Å². The molecule has 76 valence electrons. The van der Waals surface area contributed by atoms with Gasteiger partial charge in [0.1, 0.15) is 5.76 Å². The van der Waals surface area contributed by atoms with E-state index in [1.54, 1.807) is 25.6 Å². The van der Waals surface area contributed by atoms with Crippen LogP contribution in [0.25, 0.3) is 11.8 Å². The Labute approximate surface area is 85.9 Å². The predicted molar refractivity (Wildman–Crippen MR) is 61.7 cm³/mol. The van der Waals surface area contributed by atoms with E-state index in [1.165, 1.54) is 0 Å². The molecular weight excluding hydrogens is 174 g/mol. The van der Waals surface area contributed by atoms with Crippen LogP contribution in [0.15, 0.2) is 31.6 Å². The van der Waals surface area contributed by atoms with Gasteiger partial charge in [-0.3, -0.25) is 4.98 Å². The summed E-state index contributed by atoms with van der Waals surface area (Å²) in [6.07, 6.45) is 5.16. The van der Waals surface area contributed by atoms with Gasteiger partial charge >= 0.3 is 0 Å². The van der Waals surface area contributed by atoms with E-state index in [-0.39, 0.29) is 0 Å². The molecule has 1 aromatic heterocycles. The van der Waals surface area contributed by atoms with Crippen LogP contribution in [0.3, 0.4) is 0 Å². The highest BCUT2D eigenvalue weighted by molar-refractivity contribution is 5.67. The Morgan fingerprint density at radius 1 is 1.50 bits per heavy atom. The van der Waals surface area contributed by atoms with Crippen LogP contribution in [-0.4, -0.2) is 12.1 Å². The van der Waals surface area contributed by atoms with Gasteiger partial charge in [-0.15, -0.1) is 0 Å². The summed E-state index contributed by atoms with van der Waals surface area (Å²) in [6.45, 7) is 11.4. The molecule has 1 rings (SSSR count). The molecule has 0 bridgehead atoms. The summed E-state index contributed by atoms with van der Waals surface area (Å²) in [5.41, 5.74) is 1.87. The van der Waals surface area contributed by atoms with E-state index in [0.717, 1.165) is 11.1 Å². The third kappa shape index (κ3) is 3.05. The van der Waals surface area contributed by atoms with E-state index < -0.39 is 0 Å². The molecule has 0 aliphatic heterocycles. The first-order chi connectivity index (χ1) is 6.79. The normalized spacial score (nSPS) is 8.21. The van der Waals surface area contributed by atoms with E-state index in [2.05, 4.69) is 18.1 Å². The van der Waals surface area contributed by atoms with Crippen molar-refractivity contribution < 1.29 is 4.74 Å². The molecule has 1 aromatic rings. The van der Waals surface area contributed by atoms with E-state index in [4.69, 9.17) is 4.74 Å². The van der Waals surface area contributed by atoms with Crippen molar-refractivity contribution in [2.24, 2.45) is 0 Å². The number of hydrogen-bond donors (Lipinski definition) is 0. The first kappa shape index (κ1) is 12.4. The Morgan fingerprint density at radius 3 is 2.64 bits per heavy atom. The summed E-state index contributed by atoms with van der Waals surface area (Å²) in [5.74, 6) is 0.632. The van der Waals surface area contributed by atoms with Gasteiger partial charge in [-0.1, -0.05) is 33.1 Å². The molecular formula is C12H17NO. The molecule has 0 unspecified atom stereocenters. The highest BCUT2D eigenvalue weighted by Gasteiger charge is 2.01. The molecule has 0 spiro atoms. The van der Waals surface area contributed by atoms with Crippen LogP contribution in [0.2, 0.25) is 0 Å². The minimum absolute atomic E-state index is 0.632. The minimum atomic E-state index is 0.632. The maximum Gasteiger partial charge on any atom is 0.119 e. The zero-order valence-corrected chi connectivity index (χ0v) is 9.08. The van der Waals surface area contributed by atoms with E-state index in [1.807, 2.05) is 19.9 Å². The zero-order chi connectivity index (χ0) is 11.0. The predicted octanol–water partition coefficient (Wildman–Crippen LogP) is 3.37. The lowest BCUT2D eigenvalue weighted by Crippen LogP contribution is -1.90. The van der Waals surface area contributed by atoms with Crippen molar-refractivity contribution in [1.82, 2.24) is 4.98 Å². The van der Waals surface area contributed by atoms with Crippen LogP contribution in [0.5, 0.6) is 0 Å². The summed E-state index contributed by atoms with van der Waals surface area (Å²) < 4.78 is 5.01. The van der Waals surface area contributed by atoms with Crippen LogP contribution in [-0.2, 0) is 4.74 Å². The van der Waals surface area contributed by atoms with Crippen molar-refractivity contribution in [2.75, 3.05) is 7.11 Å². The zero-order valence-electron chi connectivity index (χ0n) is 9.08. The van der Waals surface area contributed by atoms with Crippen LogP contribution >= 0.6 is 0 Å². The molecule has 0 aromatic carbocycles. The SMILES string of the molecule is C=Cc1cnccc1C(=C)OC.CC. The Hall–Kier alpha value is -1.57. The van der Waals surface area contributed by atoms with Gasteiger partial charge in [-0.05, 0) is 6.07 Å². The number of aromatic nitrogens is 1. The van der Waals surface area contributed by atoms with E-state index in [0.29, 0.717) is 5.76 Å². The fraction of sp³-hybridized carbons (Fsp3) is 0.250. The second-order valence-electron chi connectivity index (χ2n) is 2.29. The summed E-state index contributed by atoms with van der Waals surface area (Å²) >= 11 is 0. The topological polar surface area (TPSA) is 22.1 Å². The quantitative estimate of drug-likeness (QED) is 0.683. The van der Waals surface area contributed by atoms with Gasteiger partial charge in [0.15, 0.2) is 0 Å².